The highest BCUT2D eigenvalue weighted by molar-refractivity contribution is 6.07. The number of halogens is 2. The lowest BCUT2D eigenvalue weighted by atomic mass is 9.98. The van der Waals surface area contributed by atoms with Crippen molar-refractivity contribution in [3.05, 3.63) is 76.5 Å². The van der Waals surface area contributed by atoms with Crippen LogP contribution in [0.4, 0.5) is 8.78 Å². The maximum Gasteiger partial charge on any atom is 0.255 e. The van der Waals surface area contributed by atoms with Crippen LogP contribution < -0.4 is 5.32 Å². The minimum atomic E-state index is -0.685. The van der Waals surface area contributed by atoms with Gasteiger partial charge in [0.2, 0.25) is 0 Å². The quantitative estimate of drug-likeness (QED) is 0.427. The second-order valence-corrected chi connectivity index (χ2v) is 8.52. The van der Waals surface area contributed by atoms with E-state index in [1.807, 2.05) is 13.8 Å². The molecule has 1 unspecified atom stereocenters. The number of aromatic hydroxyl groups is 1. The van der Waals surface area contributed by atoms with Crippen molar-refractivity contribution in [3.8, 4) is 17.0 Å². The standard InChI is InChI=1S/C25H23F2N5O2/c1-13-7-18(33)3-4-19(13)21-11-20(23-14(2)30-31-24(23)29-21)25(34)32-6-5-28-12-22(32)15-8-16(26)10-17(27)9-15/h3-4,7-11,22,28,33H,5-6,12H2,1-2H3,(H,29,30,31). The smallest absolute Gasteiger partial charge is 0.255 e. The number of H-pyrrole nitrogens is 1. The van der Waals surface area contributed by atoms with Crippen LogP contribution in [0.3, 0.4) is 0 Å². The van der Waals surface area contributed by atoms with E-state index in [1.54, 1.807) is 29.2 Å². The number of phenols is 1. The number of piperazine rings is 1. The number of benzene rings is 2. The molecule has 0 aliphatic carbocycles. The predicted molar refractivity (Wildman–Crippen MR) is 123 cm³/mol. The van der Waals surface area contributed by atoms with Gasteiger partial charge in [-0.25, -0.2) is 13.8 Å². The predicted octanol–water partition coefficient (Wildman–Crippen LogP) is 4.01. The van der Waals surface area contributed by atoms with E-state index in [9.17, 15) is 18.7 Å². The zero-order chi connectivity index (χ0) is 24.0. The SMILES string of the molecule is Cc1cc(O)ccc1-c1cc(C(=O)N2CCNCC2c2cc(F)cc(F)c2)c2c(C)[nH]nc2n1. The number of nitrogens with one attached hydrogen (secondary N) is 2. The van der Waals surface area contributed by atoms with Crippen molar-refractivity contribution in [2.75, 3.05) is 19.6 Å². The summed E-state index contributed by atoms with van der Waals surface area (Å²) in [5.41, 5.74) is 4.00. The zero-order valence-corrected chi connectivity index (χ0v) is 18.7. The molecule has 3 heterocycles. The number of aromatic amines is 1. The zero-order valence-electron chi connectivity index (χ0n) is 18.7. The van der Waals surface area contributed by atoms with Crippen molar-refractivity contribution in [2.45, 2.75) is 19.9 Å². The van der Waals surface area contributed by atoms with Crippen LogP contribution in [-0.2, 0) is 0 Å². The Labute approximate surface area is 194 Å². The molecule has 2 aromatic heterocycles. The van der Waals surface area contributed by atoms with Gasteiger partial charge in [0.25, 0.3) is 5.91 Å². The molecule has 5 rings (SSSR count). The summed E-state index contributed by atoms with van der Waals surface area (Å²) < 4.78 is 27.9. The monoisotopic (exact) mass is 463 g/mol. The van der Waals surface area contributed by atoms with Gasteiger partial charge in [0.15, 0.2) is 5.65 Å². The van der Waals surface area contributed by atoms with Crippen LogP contribution in [-0.4, -0.2) is 50.7 Å². The Morgan fingerprint density at radius 3 is 2.62 bits per heavy atom. The fraction of sp³-hybridized carbons (Fsp3) is 0.240. The van der Waals surface area contributed by atoms with Gasteiger partial charge in [-0.3, -0.25) is 9.89 Å². The summed E-state index contributed by atoms with van der Waals surface area (Å²) in [6.07, 6.45) is 0. The van der Waals surface area contributed by atoms with Gasteiger partial charge in [-0.05, 0) is 61.4 Å². The van der Waals surface area contributed by atoms with Gasteiger partial charge >= 0.3 is 0 Å². The molecule has 9 heteroatoms. The minimum Gasteiger partial charge on any atom is -0.508 e. The average Bonchev–Trinajstić information content (AvgIpc) is 3.18. The van der Waals surface area contributed by atoms with Gasteiger partial charge in [-0.15, -0.1) is 0 Å². The number of pyridine rings is 1. The highest BCUT2D eigenvalue weighted by Crippen LogP contribution is 2.32. The third-order valence-electron chi connectivity index (χ3n) is 6.20. The minimum absolute atomic E-state index is 0.139. The molecule has 1 fully saturated rings. The second-order valence-electron chi connectivity index (χ2n) is 8.52. The Bertz CT molecular complexity index is 1400. The molecule has 3 N–H and O–H groups in total. The van der Waals surface area contributed by atoms with E-state index in [0.717, 1.165) is 17.2 Å². The first kappa shape index (κ1) is 22.0. The molecule has 174 valence electrons. The molecule has 7 nitrogen and oxygen atoms in total. The number of carbonyl (C=O) groups is 1. The number of rotatable bonds is 3. The van der Waals surface area contributed by atoms with Crippen LogP contribution >= 0.6 is 0 Å². The van der Waals surface area contributed by atoms with Crippen LogP contribution in [0.2, 0.25) is 0 Å². The molecule has 4 aromatic rings. The molecule has 1 amide bonds. The Morgan fingerprint density at radius 1 is 1.12 bits per heavy atom. The van der Waals surface area contributed by atoms with Crippen LogP contribution in [0, 0.1) is 25.5 Å². The van der Waals surface area contributed by atoms with Crippen LogP contribution in [0.15, 0.2) is 42.5 Å². The fourth-order valence-electron chi connectivity index (χ4n) is 4.58. The molecule has 1 atom stereocenters. The molecule has 1 aliphatic rings. The molecule has 0 saturated carbocycles. The van der Waals surface area contributed by atoms with Crippen LogP contribution in [0.25, 0.3) is 22.3 Å². The Balaban J connectivity index is 1.63. The third-order valence-corrected chi connectivity index (χ3v) is 6.20. The van der Waals surface area contributed by atoms with E-state index in [1.165, 1.54) is 12.1 Å². The van der Waals surface area contributed by atoms with E-state index in [2.05, 4.69) is 20.5 Å². The first-order valence-corrected chi connectivity index (χ1v) is 10.9. The Kier molecular flexibility index (Phi) is 5.49. The maximum atomic E-state index is 14.0. The summed E-state index contributed by atoms with van der Waals surface area (Å²) in [6, 6.07) is 9.46. The van der Waals surface area contributed by atoms with E-state index in [-0.39, 0.29) is 11.7 Å². The lowest BCUT2D eigenvalue weighted by molar-refractivity contribution is 0.0635. The summed E-state index contributed by atoms with van der Waals surface area (Å²) in [7, 11) is 0. The molecule has 0 bridgehead atoms. The van der Waals surface area contributed by atoms with Crippen molar-refractivity contribution in [3.63, 3.8) is 0 Å². The normalized spacial score (nSPS) is 16.2. The average molecular weight is 463 g/mol. The van der Waals surface area contributed by atoms with E-state index < -0.39 is 17.7 Å². The van der Waals surface area contributed by atoms with Gasteiger partial charge in [0, 0.05) is 37.0 Å². The van der Waals surface area contributed by atoms with Gasteiger partial charge in [0.05, 0.1) is 22.7 Å². The van der Waals surface area contributed by atoms with Crippen LogP contribution in [0.5, 0.6) is 5.75 Å². The lowest BCUT2D eigenvalue weighted by Crippen LogP contribution is -2.48. The lowest BCUT2D eigenvalue weighted by Gasteiger charge is -2.37. The summed E-state index contributed by atoms with van der Waals surface area (Å²) in [4.78, 5) is 20.2. The van der Waals surface area contributed by atoms with Crippen molar-refractivity contribution < 1.29 is 18.7 Å². The highest BCUT2D eigenvalue weighted by atomic mass is 19.1. The van der Waals surface area contributed by atoms with Crippen LogP contribution in [0.1, 0.15) is 33.2 Å². The van der Waals surface area contributed by atoms with Crippen molar-refractivity contribution in [2.24, 2.45) is 0 Å². The summed E-state index contributed by atoms with van der Waals surface area (Å²) in [5, 5.41) is 20.8. The number of aromatic nitrogens is 3. The topological polar surface area (TPSA) is 94.1 Å². The summed E-state index contributed by atoms with van der Waals surface area (Å²) in [6.45, 7) is 4.97. The van der Waals surface area contributed by atoms with Gasteiger partial charge in [0.1, 0.15) is 17.4 Å². The number of amides is 1. The number of hydrogen-bond acceptors (Lipinski definition) is 5. The number of fused-ring (bicyclic) bond motifs is 1. The number of phenolic OH excluding ortho intramolecular Hbond substituents is 1. The van der Waals surface area contributed by atoms with Gasteiger partial charge < -0.3 is 15.3 Å². The molecular weight excluding hydrogens is 440 g/mol. The van der Waals surface area contributed by atoms with E-state index >= 15 is 0 Å². The largest absolute Gasteiger partial charge is 0.508 e. The molecule has 1 aliphatic heterocycles. The maximum absolute atomic E-state index is 14.0. The number of carbonyl (C=O) groups excluding carboxylic acids is 1. The Morgan fingerprint density at radius 2 is 1.88 bits per heavy atom. The molecule has 0 spiro atoms. The Hall–Kier alpha value is -3.85. The van der Waals surface area contributed by atoms with E-state index in [0.29, 0.717) is 53.2 Å². The number of nitrogens with zero attached hydrogens (tertiary/aromatic N) is 3. The third kappa shape index (κ3) is 3.88. The van der Waals surface area contributed by atoms with Gasteiger partial charge in [-0.2, -0.15) is 5.10 Å². The van der Waals surface area contributed by atoms with Crippen molar-refractivity contribution >= 4 is 16.9 Å². The number of hydrogen-bond donors (Lipinski definition) is 3. The summed E-state index contributed by atoms with van der Waals surface area (Å²) >= 11 is 0. The molecule has 0 radical (unpaired) electrons. The second kappa shape index (κ2) is 8.49. The first-order chi connectivity index (χ1) is 16.3. The fourth-order valence-corrected chi connectivity index (χ4v) is 4.58. The molecule has 34 heavy (non-hydrogen) atoms. The molecule has 1 saturated heterocycles. The molecule has 2 aromatic carbocycles. The van der Waals surface area contributed by atoms with E-state index in [4.69, 9.17) is 0 Å². The van der Waals surface area contributed by atoms with Crippen molar-refractivity contribution in [1.82, 2.24) is 25.4 Å². The van der Waals surface area contributed by atoms with Gasteiger partial charge in [-0.1, -0.05) is 0 Å². The highest BCUT2D eigenvalue weighted by Gasteiger charge is 2.31. The molecular formula is C25H23F2N5O2. The summed E-state index contributed by atoms with van der Waals surface area (Å²) in [5.74, 6) is -1.50. The first-order valence-electron chi connectivity index (χ1n) is 10.9. The van der Waals surface area contributed by atoms with Crippen molar-refractivity contribution in [1.29, 1.82) is 0 Å². The number of aryl methyl sites for hydroxylation is 2.